The van der Waals surface area contributed by atoms with E-state index in [2.05, 4.69) is 29.6 Å². The molecule has 2 N–H and O–H groups in total. The highest BCUT2D eigenvalue weighted by atomic mass is 16.3. The van der Waals surface area contributed by atoms with Gasteiger partial charge in [0.15, 0.2) is 0 Å². The number of benzene rings is 1. The van der Waals surface area contributed by atoms with Crippen LogP contribution in [0.4, 0.5) is 0 Å². The SMILES string of the molecule is OC1CCC(CNC2CCc3ccccc3C2)CC1. The minimum Gasteiger partial charge on any atom is -0.393 e. The van der Waals surface area contributed by atoms with Crippen LogP contribution in [0.1, 0.15) is 43.2 Å². The van der Waals surface area contributed by atoms with Gasteiger partial charge in [-0.05, 0) is 68.5 Å². The minimum absolute atomic E-state index is 0.0298. The largest absolute Gasteiger partial charge is 0.393 e. The molecule has 1 fully saturated rings. The average molecular weight is 259 g/mol. The van der Waals surface area contributed by atoms with Crippen LogP contribution < -0.4 is 5.32 Å². The van der Waals surface area contributed by atoms with Crippen LogP contribution in [0, 0.1) is 5.92 Å². The first kappa shape index (κ1) is 13.1. The monoisotopic (exact) mass is 259 g/mol. The topological polar surface area (TPSA) is 32.3 Å². The van der Waals surface area contributed by atoms with Gasteiger partial charge >= 0.3 is 0 Å². The summed E-state index contributed by atoms with van der Waals surface area (Å²) in [6.45, 7) is 1.14. The van der Waals surface area contributed by atoms with E-state index in [1.807, 2.05) is 0 Å². The maximum Gasteiger partial charge on any atom is 0.0540 e. The van der Waals surface area contributed by atoms with Crippen LogP contribution in [-0.2, 0) is 12.8 Å². The summed E-state index contributed by atoms with van der Waals surface area (Å²) in [6, 6.07) is 9.51. The van der Waals surface area contributed by atoms with Gasteiger partial charge in [-0.3, -0.25) is 0 Å². The van der Waals surface area contributed by atoms with E-state index in [-0.39, 0.29) is 6.10 Å². The van der Waals surface area contributed by atoms with E-state index in [4.69, 9.17) is 0 Å². The fraction of sp³-hybridized carbons (Fsp3) is 0.647. The highest BCUT2D eigenvalue weighted by molar-refractivity contribution is 5.30. The minimum atomic E-state index is -0.0298. The van der Waals surface area contributed by atoms with E-state index < -0.39 is 0 Å². The second-order valence-corrected chi connectivity index (χ2v) is 6.29. The summed E-state index contributed by atoms with van der Waals surface area (Å²) in [5.74, 6) is 0.778. The quantitative estimate of drug-likeness (QED) is 0.874. The first-order valence-electron chi connectivity index (χ1n) is 7.79. The molecule has 2 nitrogen and oxygen atoms in total. The number of rotatable bonds is 3. The van der Waals surface area contributed by atoms with Crippen molar-refractivity contribution < 1.29 is 5.11 Å². The van der Waals surface area contributed by atoms with Gasteiger partial charge in [0.1, 0.15) is 0 Å². The second-order valence-electron chi connectivity index (χ2n) is 6.29. The van der Waals surface area contributed by atoms with Crippen LogP contribution in [0.25, 0.3) is 0 Å². The summed E-state index contributed by atoms with van der Waals surface area (Å²) < 4.78 is 0. The van der Waals surface area contributed by atoms with E-state index in [1.54, 1.807) is 5.56 Å². The maximum absolute atomic E-state index is 9.53. The number of aliphatic hydroxyl groups is 1. The Hall–Kier alpha value is -0.860. The summed E-state index contributed by atoms with van der Waals surface area (Å²) in [6.07, 6.45) is 8.03. The molecule has 0 amide bonds. The third kappa shape index (κ3) is 3.37. The lowest BCUT2D eigenvalue weighted by molar-refractivity contribution is 0.107. The zero-order valence-electron chi connectivity index (χ0n) is 11.6. The molecule has 0 aliphatic heterocycles. The van der Waals surface area contributed by atoms with Gasteiger partial charge in [-0.1, -0.05) is 24.3 Å². The first-order chi connectivity index (χ1) is 9.31. The molecule has 2 aliphatic rings. The van der Waals surface area contributed by atoms with E-state index in [9.17, 15) is 5.11 Å². The lowest BCUT2D eigenvalue weighted by Gasteiger charge is -2.30. The number of aryl methyl sites for hydroxylation is 1. The van der Waals surface area contributed by atoms with Crippen molar-refractivity contribution >= 4 is 0 Å². The number of fused-ring (bicyclic) bond motifs is 1. The normalized spacial score (nSPS) is 30.9. The smallest absolute Gasteiger partial charge is 0.0540 e. The molecule has 2 heteroatoms. The highest BCUT2D eigenvalue weighted by Crippen LogP contribution is 2.25. The summed E-state index contributed by atoms with van der Waals surface area (Å²) in [7, 11) is 0. The molecule has 0 aromatic heterocycles. The van der Waals surface area contributed by atoms with Crippen molar-refractivity contribution in [2.24, 2.45) is 5.92 Å². The Morgan fingerprint density at radius 2 is 1.74 bits per heavy atom. The molecule has 1 aromatic rings. The molecule has 3 rings (SSSR count). The van der Waals surface area contributed by atoms with Crippen molar-refractivity contribution in [3.63, 3.8) is 0 Å². The second kappa shape index (κ2) is 6.06. The molecule has 2 aliphatic carbocycles. The van der Waals surface area contributed by atoms with Crippen molar-refractivity contribution in [3.8, 4) is 0 Å². The molecule has 0 bridgehead atoms. The zero-order chi connectivity index (χ0) is 13.1. The van der Waals surface area contributed by atoms with Crippen LogP contribution in [0.15, 0.2) is 24.3 Å². The first-order valence-corrected chi connectivity index (χ1v) is 7.79. The van der Waals surface area contributed by atoms with Crippen LogP contribution in [0.2, 0.25) is 0 Å². The molecule has 1 atom stereocenters. The summed E-state index contributed by atoms with van der Waals surface area (Å²) in [5, 5.41) is 13.3. The third-order valence-corrected chi connectivity index (χ3v) is 4.86. The summed E-state index contributed by atoms with van der Waals surface area (Å²) in [4.78, 5) is 0. The highest BCUT2D eigenvalue weighted by Gasteiger charge is 2.22. The predicted molar refractivity (Wildman–Crippen MR) is 78.2 cm³/mol. The number of aliphatic hydroxyl groups excluding tert-OH is 1. The Balaban J connectivity index is 1.47. The number of nitrogens with one attached hydrogen (secondary N) is 1. The molecule has 19 heavy (non-hydrogen) atoms. The summed E-state index contributed by atoms with van der Waals surface area (Å²) >= 11 is 0. The van der Waals surface area contributed by atoms with Crippen molar-refractivity contribution in [2.45, 2.75) is 57.1 Å². The number of hydrogen-bond acceptors (Lipinski definition) is 2. The van der Waals surface area contributed by atoms with Crippen molar-refractivity contribution in [2.75, 3.05) is 6.54 Å². The van der Waals surface area contributed by atoms with E-state index >= 15 is 0 Å². The van der Waals surface area contributed by atoms with E-state index in [0.29, 0.717) is 6.04 Å². The lowest BCUT2D eigenvalue weighted by Crippen LogP contribution is -2.38. The Kier molecular flexibility index (Phi) is 4.19. The van der Waals surface area contributed by atoms with Crippen molar-refractivity contribution in [1.82, 2.24) is 5.32 Å². The van der Waals surface area contributed by atoms with Crippen LogP contribution >= 0.6 is 0 Å². The van der Waals surface area contributed by atoms with E-state index in [1.165, 1.54) is 37.7 Å². The molecule has 1 saturated carbocycles. The number of hydrogen-bond donors (Lipinski definition) is 2. The molecule has 104 valence electrons. The Morgan fingerprint density at radius 3 is 2.53 bits per heavy atom. The van der Waals surface area contributed by atoms with Crippen molar-refractivity contribution in [3.05, 3.63) is 35.4 Å². The van der Waals surface area contributed by atoms with Gasteiger partial charge in [0.05, 0.1) is 6.10 Å². The van der Waals surface area contributed by atoms with Gasteiger partial charge in [-0.25, -0.2) is 0 Å². The molecular weight excluding hydrogens is 234 g/mol. The molecule has 1 unspecified atom stereocenters. The zero-order valence-corrected chi connectivity index (χ0v) is 11.6. The molecule has 0 spiro atoms. The fourth-order valence-electron chi connectivity index (χ4n) is 3.55. The van der Waals surface area contributed by atoms with Crippen molar-refractivity contribution in [1.29, 1.82) is 0 Å². The maximum atomic E-state index is 9.53. The van der Waals surface area contributed by atoms with Gasteiger partial charge in [-0.2, -0.15) is 0 Å². The Labute approximate surface area is 116 Å². The molecule has 0 radical (unpaired) electrons. The Morgan fingerprint density at radius 1 is 1.00 bits per heavy atom. The lowest BCUT2D eigenvalue weighted by atomic mass is 9.85. The van der Waals surface area contributed by atoms with Gasteiger partial charge in [0.25, 0.3) is 0 Å². The molecule has 0 heterocycles. The van der Waals surface area contributed by atoms with Gasteiger partial charge < -0.3 is 10.4 Å². The van der Waals surface area contributed by atoms with E-state index in [0.717, 1.165) is 25.3 Å². The van der Waals surface area contributed by atoms with Crippen LogP contribution in [0.3, 0.4) is 0 Å². The molecular formula is C17H25NO. The van der Waals surface area contributed by atoms with Gasteiger partial charge in [0.2, 0.25) is 0 Å². The fourth-order valence-corrected chi connectivity index (χ4v) is 3.55. The predicted octanol–water partition coefficient (Wildman–Crippen LogP) is 2.68. The average Bonchev–Trinajstić information content (AvgIpc) is 2.46. The summed E-state index contributed by atoms with van der Waals surface area (Å²) in [5.41, 5.74) is 3.08. The molecule has 0 saturated heterocycles. The molecule has 1 aromatic carbocycles. The Bertz CT molecular complexity index is 409. The van der Waals surface area contributed by atoms with Crippen LogP contribution in [0.5, 0.6) is 0 Å². The third-order valence-electron chi connectivity index (χ3n) is 4.86. The van der Waals surface area contributed by atoms with Gasteiger partial charge in [0, 0.05) is 6.04 Å². The standard InChI is InChI=1S/C17H25NO/c19-17-9-5-13(6-10-17)12-18-16-8-7-14-3-1-2-4-15(14)11-16/h1-4,13,16-19H,5-12H2. The van der Waals surface area contributed by atoms with Gasteiger partial charge in [-0.15, -0.1) is 0 Å². The van der Waals surface area contributed by atoms with Crippen LogP contribution in [-0.4, -0.2) is 23.8 Å².